The molecule has 0 unspecified atom stereocenters. The Morgan fingerprint density at radius 1 is 1.46 bits per heavy atom. The number of rotatable bonds is 3. The summed E-state index contributed by atoms with van der Waals surface area (Å²) in [4.78, 5) is 2.17. The first-order chi connectivity index (χ1) is 6.13. The number of phenols is 1. The maximum Gasteiger partial charge on any atom is 0.138 e. The first kappa shape index (κ1) is 9.86. The molecule has 3 heteroatoms. The summed E-state index contributed by atoms with van der Waals surface area (Å²) >= 11 is 0. The summed E-state index contributed by atoms with van der Waals surface area (Å²) in [6.45, 7) is 3.96. The van der Waals surface area contributed by atoms with Gasteiger partial charge in [0.2, 0.25) is 0 Å². The molecule has 3 N–H and O–H groups in total. The molecule has 0 aliphatic carbocycles. The molecule has 0 fully saturated rings. The van der Waals surface area contributed by atoms with Crippen molar-refractivity contribution in [2.75, 3.05) is 19.3 Å². The highest BCUT2D eigenvalue weighted by Crippen LogP contribution is 2.20. The molecule has 0 saturated heterocycles. The van der Waals surface area contributed by atoms with Gasteiger partial charge in [0, 0.05) is 6.54 Å². The number of nitrogens with two attached hydrogens (primary N) is 1. The monoisotopic (exact) mass is 180 g/mol. The standard InChI is InChI=1S/C10H16N2O/c1-3-12(2)7-8-4-5-10(13)9(11)6-8/h4-6,13H,3,7,11H2,1-2H3. The number of nitrogen functional groups attached to an aromatic ring is 1. The van der Waals surface area contributed by atoms with Gasteiger partial charge in [0.25, 0.3) is 0 Å². The van der Waals surface area contributed by atoms with Crippen molar-refractivity contribution in [1.29, 1.82) is 0 Å². The van der Waals surface area contributed by atoms with Crippen LogP contribution in [0.5, 0.6) is 5.75 Å². The fourth-order valence-electron chi connectivity index (χ4n) is 1.13. The zero-order valence-electron chi connectivity index (χ0n) is 8.12. The number of anilines is 1. The molecule has 0 spiro atoms. The fraction of sp³-hybridized carbons (Fsp3) is 0.400. The Bertz CT molecular complexity index is 286. The molecule has 0 atom stereocenters. The van der Waals surface area contributed by atoms with Crippen LogP contribution in [0.15, 0.2) is 18.2 Å². The molecule has 0 amide bonds. The normalized spacial score (nSPS) is 10.7. The number of phenolic OH excluding ortho intramolecular Hbond substituents is 1. The predicted molar refractivity (Wildman–Crippen MR) is 54.5 cm³/mol. The van der Waals surface area contributed by atoms with Crippen molar-refractivity contribution >= 4 is 5.69 Å². The highest BCUT2D eigenvalue weighted by atomic mass is 16.3. The summed E-state index contributed by atoms with van der Waals surface area (Å²) < 4.78 is 0. The average molecular weight is 180 g/mol. The molecule has 1 aromatic carbocycles. The summed E-state index contributed by atoms with van der Waals surface area (Å²) in [6, 6.07) is 5.33. The lowest BCUT2D eigenvalue weighted by atomic mass is 10.2. The third kappa shape index (κ3) is 2.63. The third-order valence-electron chi connectivity index (χ3n) is 2.08. The number of nitrogens with zero attached hydrogens (tertiary/aromatic N) is 1. The number of hydrogen-bond acceptors (Lipinski definition) is 3. The quantitative estimate of drug-likeness (QED) is 0.546. The first-order valence-corrected chi connectivity index (χ1v) is 4.39. The van der Waals surface area contributed by atoms with Gasteiger partial charge in [-0.3, -0.25) is 0 Å². The molecule has 1 rings (SSSR count). The van der Waals surface area contributed by atoms with Crippen LogP contribution in [-0.2, 0) is 6.54 Å². The highest BCUT2D eigenvalue weighted by Gasteiger charge is 2.00. The van der Waals surface area contributed by atoms with Gasteiger partial charge in [-0.15, -0.1) is 0 Å². The van der Waals surface area contributed by atoms with E-state index in [4.69, 9.17) is 5.73 Å². The van der Waals surface area contributed by atoms with Gasteiger partial charge in [0.1, 0.15) is 5.75 Å². The first-order valence-electron chi connectivity index (χ1n) is 4.39. The lowest BCUT2D eigenvalue weighted by Crippen LogP contribution is -2.16. The molecule has 1 aromatic rings. The Hall–Kier alpha value is -1.22. The van der Waals surface area contributed by atoms with E-state index in [9.17, 15) is 5.11 Å². The second-order valence-electron chi connectivity index (χ2n) is 3.22. The topological polar surface area (TPSA) is 49.5 Å². The summed E-state index contributed by atoms with van der Waals surface area (Å²) in [5.74, 6) is 0.155. The molecule has 0 aromatic heterocycles. The average Bonchev–Trinajstić information content (AvgIpc) is 2.11. The molecule has 0 bridgehead atoms. The summed E-state index contributed by atoms with van der Waals surface area (Å²) in [6.07, 6.45) is 0. The Morgan fingerprint density at radius 2 is 2.15 bits per heavy atom. The predicted octanol–water partition coefficient (Wildman–Crippen LogP) is 1.43. The van der Waals surface area contributed by atoms with Crippen LogP contribution in [0.4, 0.5) is 5.69 Å². The van der Waals surface area contributed by atoms with Crippen LogP contribution in [0, 0.1) is 0 Å². The largest absolute Gasteiger partial charge is 0.506 e. The second kappa shape index (κ2) is 4.14. The van der Waals surface area contributed by atoms with Crippen molar-refractivity contribution in [1.82, 2.24) is 4.90 Å². The van der Waals surface area contributed by atoms with Gasteiger partial charge < -0.3 is 15.7 Å². The van der Waals surface area contributed by atoms with Crippen LogP contribution in [0.25, 0.3) is 0 Å². The molecule has 0 aliphatic heterocycles. The van der Waals surface area contributed by atoms with Crippen molar-refractivity contribution in [2.24, 2.45) is 0 Å². The molecule has 0 heterocycles. The Labute approximate surface area is 78.8 Å². The third-order valence-corrected chi connectivity index (χ3v) is 2.08. The molecular formula is C10H16N2O. The van der Waals surface area contributed by atoms with Gasteiger partial charge in [0.05, 0.1) is 5.69 Å². The molecule has 0 radical (unpaired) electrons. The van der Waals surface area contributed by atoms with E-state index in [1.54, 1.807) is 6.07 Å². The van der Waals surface area contributed by atoms with Crippen LogP contribution >= 0.6 is 0 Å². The van der Waals surface area contributed by atoms with E-state index in [1.807, 2.05) is 19.2 Å². The SMILES string of the molecule is CCN(C)Cc1ccc(O)c(N)c1. The Morgan fingerprint density at radius 3 is 2.69 bits per heavy atom. The van der Waals surface area contributed by atoms with Crippen LogP contribution < -0.4 is 5.73 Å². The summed E-state index contributed by atoms with van der Waals surface area (Å²) in [5, 5.41) is 9.20. The van der Waals surface area contributed by atoms with Crippen molar-refractivity contribution in [3.8, 4) is 5.75 Å². The molecular weight excluding hydrogens is 164 g/mol. The van der Waals surface area contributed by atoms with Crippen LogP contribution in [0.3, 0.4) is 0 Å². The minimum Gasteiger partial charge on any atom is -0.506 e. The fourth-order valence-corrected chi connectivity index (χ4v) is 1.13. The zero-order chi connectivity index (χ0) is 9.84. The molecule has 3 nitrogen and oxygen atoms in total. The minimum atomic E-state index is 0.155. The maximum atomic E-state index is 9.20. The van der Waals surface area contributed by atoms with E-state index in [1.165, 1.54) is 0 Å². The van der Waals surface area contributed by atoms with Crippen molar-refractivity contribution in [2.45, 2.75) is 13.5 Å². The van der Waals surface area contributed by atoms with Gasteiger partial charge >= 0.3 is 0 Å². The van der Waals surface area contributed by atoms with Crippen molar-refractivity contribution < 1.29 is 5.11 Å². The van der Waals surface area contributed by atoms with E-state index in [-0.39, 0.29) is 5.75 Å². The number of benzene rings is 1. The van der Waals surface area contributed by atoms with E-state index in [2.05, 4.69) is 11.8 Å². The van der Waals surface area contributed by atoms with Crippen LogP contribution in [-0.4, -0.2) is 23.6 Å². The number of aromatic hydroxyl groups is 1. The van der Waals surface area contributed by atoms with E-state index in [0.717, 1.165) is 18.7 Å². The van der Waals surface area contributed by atoms with Gasteiger partial charge in [0.15, 0.2) is 0 Å². The van der Waals surface area contributed by atoms with Gasteiger partial charge in [-0.2, -0.15) is 0 Å². The molecule has 13 heavy (non-hydrogen) atoms. The second-order valence-corrected chi connectivity index (χ2v) is 3.22. The van der Waals surface area contributed by atoms with Crippen molar-refractivity contribution in [3.63, 3.8) is 0 Å². The smallest absolute Gasteiger partial charge is 0.138 e. The van der Waals surface area contributed by atoms with Crippen LogP contribution in [0.1, 0.15) is 12.5 Å². The summed E-state index contributed by atoms with van der Waals surface area (Å²) in [5.41, 5.74) is 7.14. The van der Waals surface area contributed by atoms with Gasteiger partial charge in [-0.1, -0.05) is 13.0 Å². The Balaban J connectivity index is 2.73. The lowest BCUT2D eigenvalue weighted by Gasteiger charge is -2.14. The minimum absolute atomic E-state index is 0.155. The van der Waals surface area contributed by atoms with Gasteiger partial charge in [-0.05, 0) is 31.3 Å². The van der Waals surface area contributed by atoms with Crippen molar-refractivity contribution in [3.05, 3.63) is 23.8 Å². The van der Waals surface area contributed by atoms with E-state index < -0.39 is 0 Å². The van der Waals surface area contributed by atoms with Gasteiger partial charge in [-0.25, -0.2) is 0 Å². The molecule has 72 valence electrons. The highest BCUT2D eigenvalue weighted by molar-refractivity contribution is 5.53. The van der Waals surface area contributed by atoms with E-state index >= 15 is 0 Å². The Kier molecular flexibility index (Phi) is 3.14. The molecule has 0 saturated carbocycles. The zero-order valence-corrected chi connectivity index (χ0v) is 8.12. The number of hydrogen-bond donors (Lipinski definition) is 2. The van der Waals surface area contributed by atoms with E-state index in [0.29, 0.717) is 5.69 Å². The summed E-state index contributed by atoms with van der Waals surface area (Å²) in [7, 11) is 2.04. The lowest BCUT2D eigenvalue weighted by molar-refractivity contribution is 0.345. The van der Waals surface area contributed by atoms with Crippen LogP contribution in [0.2, 0.25) is 0 Å². The molecule has 0 aliphatic rings. The maximum absolute atomic E-state index is 9.20.